The number of likely N-dealkylation sites (tertiary alicyclic amines) is 1. The molecule has 5 nitrogen and oxygen atoms in total. The van der Waals surface area contributed by atoms with Crippen LogP contribution >= 0.6 is 0 Å². The monoisotopic (exact) mass is 388 g/mol. The first-order chi connectivity index (χ1) is 14.3. The number of rotatable bonds is 6. The lowest BCUT2D eigenvalue weighted by Gasteiger charge is -2.36. The molecular formula is C24H28N4O. The maximum absolute atomic E-state index is 5.34. The first kappa shape index (κ1) is 19.4. The van der Waals surface area contributed by atoms with E-state index in [0.29, 0.717) is 6.04 Å². The van der Waals surface area contributed by atoms with Crippen LogP contribution in [-0.2, 0) is 6.54 Å². The molecule has 1 saturated heterocycles. The lowest BCUT2D eigenvalue weighted by Crippen LogP contribution is -2.33. The Morgan fingerprint density at radius 3 is 2.83 bits per heavy atom. The summed E-state index contributed by atoms with van der Waals surface area (Å²) in [5, 5.41) is 3.21. The zero-order chi connectivity index (χ0) is 20.1. The number of piperidine rings is 1. The van der Waals surface area contributed by atoms with Crippen LogP contribution in [0.3, 0.4) is 0 Å². The average molecular weight is 389 g/mol. The Balaban J connectivity index is 1.55. The Bertz CT molecular complexity index is 942. The highest BCUT2D eigenvalue weighted by atomic mass is 16.5. The maximum atomic E-state index is 5.34. The van der Waals surface area contributed by atoms with Crippen LogP contribution in [0.15, 0.2) is 60.9 Å². The number of aromatic nitrogens is 2. The van der Waals surface area contributed by atoms with E-state index in [0.717, 1.165) is 42.3 Å². The third-order valence-corrected chi connectivity index (χ3v) is 5.65. The van der Waals surface area contributed by atoms with E-state index < -0.39 is 0 Å². The summed E-state index contributed by atoms with van der Waals surface area (Å²) in [6.45, 7) is 1.99. The third-order valence-electron chi connectivity index (χ3n) is 5.65. The van der Waals surface area contributed by atoms with Crippen molar-refractivity contribution in [1.29, 1.82) is 0 Å². The van der Waals surface area contributed by atoms with Gasteiger partial charge < -0.3 is 10.1 Å². The van der Waals surface area contributed by atoms with Gasteiger partial charge in [-0.05, 0) is 49.2 Å². The van der Waals surface area contributed by atoms with E-state index in [4.69, 9.17) is 9.72 Å². The number of pyridine rings is 2. The average Bonchev–Trinajstić information content (AvgIpc) is 2.80. The van der Waals surface area contributed by atoms with Gasteiger partial charge in [-0.25, -0.2) is 4.98 Å². The first-order valence-electron chi connectivity index (χ1n) is 10.2. The summed E-state index contributed by atoms with van der Waals surface area (Å²) in [7, 11) is 3.62. The minimum Gasteiger partial charge on any atom is -0.497 e. The first-order valence-corrected chi connectivity index (χ1v) is 10.2. The van der Waals surface area contributed by atoms with Gasteiger partial charge in [0.1, 0.15) is 11.6 Å². The molecule has 3 heterocycles. The number of methoxy groups -OCH3 is 1. The minimum atomic E-state index is 0.389. The molecule has 1 atom stereocenters. The number of ether oxygens (including phenoxy) is 1. The Labute approximate surface area is 172 Å². The Morgan fingerprint density at radius 1 is 1.10 bits per heavy atom. The fourth-order valence-corrected chi connectivity index (χ4v) is 4.12. The SMILES string of the molecule is CNc1ncccc1CN1CCCCC1c1ccc(-c2cccc(OC)c2)nc1. The third kappa shape index (κ3) is 4.40. The van der Waals surface area contributed by atoms with Gasteiger partial charge in [0.2, 0.25) is 0 Å². The van der Waals surface area contributed by atoms with Crippen molar-refractivity contribution in [2.24, 2.45) is 0 Å². The molecule has 4 rings (SSSR count). The second-order valence-electron chi connectivity index (χ2n) is 7.45. The predicted molar refractivity (Wildman–Crippen MR) is 117 cm³/mol. The number of hydrogen-bond donors (Lipinski definition) is 1. The van der Waals surface area contributed by atoms with Crippen LogP contribution in [0, 0.1) is 0 Å². The Morgan fingerprint density at radius 2 is 2.03 bits per heavy atom. The van der Waals surface area contributed by atoms with Crippen molar-refractivity contribution in [2.75, 3.05) is 26.0 Å². The molecule has 1 unspecified atom stereocenters. The molecule has 5 heteroatoms. The summed E-state index contributed by atoms with van der Waals surface area (Å²) in [4.78, 5) is 11.8. The molecule has 150 valence electrons. The summed E-state index contributed by atoms with van der Waals surface area (Å²) in [6, 6.07) is 17.0. The van der Waals surface area contributed by atoms with Crippen LogP contribution in [0.4, 0.5) is 5.82 Å². The lowest BCUT2D eigenvalue weighted by molar-refractivity contribution is 0.140. The minimum absolute atomic E-state index is 0.389. The molecule has 0 spiro atoms. The van der Waals surface area contributed by atoms with Crippen LogP contribution in [0.2, 0.25) is 0 Å². The van der Waals surface area contributed by atoms with E-state index in [1.165, 1.54) is 24.0 Å². The standard InChI is InChI=1S/C24H28N4O/c1-25-24-20(8-6-13-26-24)17-28-14-4-3-10-23(28)19-11-12-22(27-16-19)18-7-5-9-21(15-18)29-2/h5-9,11-13,15-16,23H,3-4,10,14,17H2,1-2H3,(H,25,26). The van der Waals surface area contributed by atoms with Crippen molar-refractivity contribution in [1.82, 2.24) is 14.9 Å². The molecule has 1 aliphatic rings. The van der Waals surface area contributed by atoms with Gasteiger partial charge >= 0.3 is 0 Å². The molecule has 0 saturated carbocycles. The normalized spacial score (nSPS) is 17.1. The zero-order valence-corrected chi connectivity index (χ0v) is 17.1. The smallest absolute Gasteiger partial charge is 0.130 e. The van der Waals surface area contributed by atoms with Crippen LogP contribution in [0.25, 0.3) is 11.3 Å². The molecule has 1 aliphatic heterocycles. The van der Waals surface area contributed by atoms with Gasteiger partial charge in [0.05, 0.1) is 12.8 Å². The molecular weight excluding hydrogens is 360 g/mol. The van der Waals surface area contributed by atoms with Gasteiger partial charge in [0.25, 0.3) is 0 Å². The van der Waals surface area contributed by atoms with E-state index in [-0.39, 0.29) is 0 Å². The number of anilines is 1. The second-order valence-corrected chi connectivity index (χ2v) is 7.45. The summed E-state index contributed by atoms with van der Waals surface area (Å²) >= 11 is 0. The van der Waals surface area contributed by atoms with Gasteiger partial charge in [0, 0.05) is 43.2 Å². The second kappa shape index (κ2) is 9.05. The number of nitrogens with one attached hydrogen (secondary N) is 1. The van der Waals surface area contributed by atoms with Gasteiger partial charge in [-0.1, -0.05) is 30.7 Å². The largest absolute Gasteiger partial charge is 0.497 e. The van der Waals surface area contributed by atoms with Crippen molar-refractivity contribution in [3.8, 4) is 17.0 Å². The quantitative estimate of drug-likeness (QED) is 0.649. The predicted octanol–water partition coefficient (Wildman–Crippen LogP) is 4.92. The summed E-state index contributed by atoms with van der Waals surface area (Å²) in [6.07, 6.45) is 7.53. The van der Waals surface area contributed by atoms with E-state index in [1.807, 2.05) is 43.7 Å². The summed E-state index contributed by atoms with van der Waals surface area (Å²) in [5.74, 6) is 1.81. The van der Waals surface area contributed by atoms with E-state index >= 15 is 0 Å². The number of hydrogen-bond acceptors (Lipinski definition) is 5. The number of benzene rings is 1. The summed E-state index contributed by atoms with van der Waals surface area (Å²) < 4.78 is 5.34. The highest BCUT2D eigenvalue weighted by Gasteiger charge is 2.25. The van der Waals surface area contributed by atoms with E-state index in [9.17, 15) is 0 Å². The number of nitrogens with zero attached hydrogens (tertiary/aromatic N) is 3. The fourth-order valence-electron chi connectivity index (χ4n) is 4.12. The molecule has 3 aromatic rings. The van der Waals surface area contributed by atoms with Crippen molar-refractivity contribution in [3.63, 3.8) is 0 Å². The molecule has 0 aliphatic carbocycles. The van der Waals surface area contributed by atoms with Crippen molar-refractivity contribution >= 4 is 5.82 Å². The van der Waals surface area contributed by atoms with Gasteiger partial charge in [-0.3, -0.25) is 9.88 Å². The fraction of sp³-hybridized carbons (Fsp3) is 0.333. The van der Waals surface area contributed by atoms with E-state index in [1.54, 1.807) is 7.11 Å². The molecule has 1 N–H and O–H groups in total. The van der Waals surface area contributed by atoms with Crippen LogP contribution in [0.1, 0.15) is 36.4 Å². The topological polar surface area (TPSA) is 50.3 Å². The molecule has 1 fully saturated rings. The molecule has 0 radical (unpaired) electrons. The van der Waals surface area contributed by atoms with Gasteiger partial charge in [0.15, 0.2) is 0 Å². The van der Waals surface area contributed by atoms with Crippen molar-refractivity contribution in [3.05, 3.63) is 72.1 Å². The summed E-state index contributed by atoms with van der Waals surface area (Å²) in [5.41, 5.74) is 4.57. The molecule has 1 aromatic carbocycles. The maximum Gasteiger partial charge on any atom is 0.130 e. The lowest BCUT2D eigenvalue weighted by atomic mass is 9.95. The molecule has 0 bridgehead atoms. The molecule has 0 amide bonds. The van der Waals surface area contributed by atoms with Gasteiger partial charge in [-0.2, -0.15) is 0 Å². The van der Waals surface area contributed by atoms with E-state index in [2.05, 4.69) is 39.5 Å². The van der Waals surface area contributed by atoms with Crippen LogP contribution in [-0.4, -0.2) is 35.6 Å². The Kier molecular flexibility index (Phi) is 6.06. The molecule has 29 heavy (non-hydrogen) atoms. The Hall–Kier alpha value is -2.92. The highest BCUT2D eigenvalue weighted by Crippen LogP contribution is 2.33. The molecule has 2 aromatic heterocycles. The van der Waals surface area contributed by atoms with Crippen LogP contribution < -0.4 is 10.1 Å². The van der Waals surface area contributed by atoms with Crippen LogP contribution in [0.5, 0.6) is 5.75 Å². The van der Waals surface area contributed by atoms with Crippen molar-refractivity contribution in [2.45, 2.75) is 31.8 Å². The van der Waals surface area contributed by atoms with Crippen molar-refractivity contribution < 1.29 is 4.74 Å². The van der Waals surface area contributed by atoms with Gasteiger partial charge in [-0.15, -0.1) is 0 Å². The highest BCUT2D eigenvalue weighted by molar-refractivity contribution is 5.61. The zero-order valence-electron chi connectivity index (χ0n) is 17.1.